The Morgan fingerprint density at radius 2 is 1.87 bits per heavy atom. The van der Waals surface area contributed by atoms with Crippen LogP contribution in [0, 0.1) is 5.41 Å². The molecule has 0 saturated carbocycles. The Morgan fingerprint density at radius 1 is 1.33 bits per heavy atom. The SMILES string of the molecule is CC(C)(C)[C@@H](N)c1ccccc1C(=O)O. The molecule has 1 rings (SSSR count). The molecule has 1 aromatic rings. The Kier molecular flexibility index (Phi) is 3.15. The van der Waals surface area contributed by atoms with Gasteiger partial charge in [-0.3, -0.25) is 0 Å². The van der Waals surface area contributed by atoms with Crippen LogP contribution in [0.1, 0.15) is 42.7 Å². The summed E-state index contributed by atoms with van der Waals surface area (Å²) in [5.41, 5.74) is 6.88. The number of carboxylic acid groups (broad SMARTS) is 1. The molecule has 0 aromatic heterocycles. The maximum Gasteiger partial charge on any atom is 0.336 e. The van der Waals surface area contributed by atoms with E-state index in [1.807, 2.05) is 26.8 Å². The Labute approximate surface area is 89.9 Å². The lowest BCUT2D eigenvalue weighted by Gasteiger charge is -2.28. The summed E-state index contributed by atoms with van der Waals surface area (Å²) in [5, 5.41) is 9.02. The van der Waals surface area contributed by atoms with E-state index in [2.05, 4.69) is 0 Å². The molecule has 3 N–H and O–H groups in total. The highest BCUT2D eigenvalue weighted by molar-refractivity contribution is 5.89. The summed E-state index contributed by atoms with van der Waals surface area (Å²) >= 11 is 0. The number of benzene rings is 1. The highest BCUT2D eigenvalue weighted by Crippen LogP contribution is 2.32. The van der Waals surface area contributed by atoms with Crippen LogP contribution < -0.4 is 5.73 Å². The van der Waals surface area contributed by atoms with Crippen LogP contribution >= 0.6 is 0 Å². The van der Waals surface area contributed by atoms with E-state index in [0.29, 0.717) is 11.1 Å². The zero-order valence-electron chi connectivity index (χ0n) is 9.32. The van der Waals surface area contributed by atoms with E-state index in [9.17, 15) is 4.79 Å². The van der Waals surface area contributed by atoms with Gasteiger partial charge in [-0.15, -0.1) is 0 Å². The normalized spacial score (nSPS) is 13.6. The number of hydrogen-bond acceptors (Lipinski definition) is 2. The first-order valence-corrected chi connectivity index (χ1v) is 4.92. The Hall–Kier alpha value is -1.35. The Balaban J connectivity index is 3.19. The molecule has 0 saturated heterocycles. The lowest BCUT2D eigenvalue weighted by Crippen LogP contribution is -2.27. The number of nitrogens with two attached hydrogens (primary N) is 1. The van der Waals surface area contributed by atoms with Crippen molar-refractivity contribution in [3.8, 4) is 0 Å². The van der Waals surface area contributed by atoms with Crippen molar-refractivity contribution in [3.05, 3.63) is 35.4 Å². The second kappa shape index (κ2) is 4.03. The zero-order valence-corrected chi connectivity index (χ0v) is 9.32. The van der Waals surface area contributed by atoms with Crippen LogP contribution in [-0.2, 0) is 0 Å². The van der Waals surface area contributed by atoms with E-state index >= 15 is 0 Å². The predicted octanol–water partition coefficient (Wildman–Crippen LogP) is 2.43. The molecule has 0 fully saturated rings. The molecule has 3 nitrogen and oxygen atoms in total. The summed E-state index contributed by atoms with van der Waals surface area (Å²) in [6.07, 6.45) is 0. The predicted molar refractivity (Wildman–Crippen MR) is 59.8 cm³/mol. The van der Waals surface area contributed by atoms with Crippen molar-refractivity contribution in [3.63, 3.8) is 0 Å². The third kappa shape index (κ3) is 2.57. The molecule has 0 spiro atoms. The number of carbonyl (C=O) groups is 1. The quantitative estimate of drug-likeness (QED) is 0.782. The van der Waals surface area contributed by atoms with E-state index in [4.69, 9.17) is 10.8 Å². The topological polar surface area (TPSA) is 63.3 Å². The second-order valence-corrected chi connectivity index (χ2v) is 4.74. The molecule has 1 atom stereocenters. The van der Waals surface area contributed by atoms with Gasteiger partial charge in [0.25, 0.3) is 0 Å². The van der Waals surface area contributed by atoms with E-state index in [1.165, 1.54) is 0 Å². The molecule has 15 heavy (non-hydrogen) atoms. The molecule has 0 unspecified atom stereocenters. The van der Waals surface area contributed by atoms with Crippen LogP contribution in [0.25, 0.3) is 0 Å². The van der Waals surface area contributed by atoms with Gasteiger partial charge in [-0.2, -0.15) is 0 Å². The van der Waals surface area contributed by atoms with Gasteiger partial charge in [0.15, 0.2) is 0 Å². The molecule has 0 aliphatic heterocycles. The van der Waals surface area contributed by atoms with Crippen molar-refractivity contribution in [2.45, 2.75) is 26.8 Å². The monoisotopic (exact) mass is 207 g/mol. The molecule has 0 amide bonds. The molecule has 0 heterocycles. The van der Waals surface area contributed by atoms with Gasteiger partial charge in [-0.1, -0.05) is 39.0 Å². The molecular formula is C12H17NO2. The van der Waals surface area contributed by atoms with Gasteiger partial charge in [0, 0.05) is 6.04 Å². The summed E-state index contributed by atoms with van der Waals surface area (Å²) in [5.74, 6) is -0.926. The third-order valence-electron chi connectivity index (χ3n) is 2.46. The van der Waals surface area contributed by atoms with Crippen LogP contribution in [0.15, 0.2) is 24.3 Å². The first-order valence-electron chi connectivity index (χ1n) is 4.92. The average Bonchev–Trinajstić information content (AvgIpc) is 2.15. The van der Waals surface area contributed by atoms with Crippen molar-refractivity contribution in [2.24, 2.45) is 11.1 Å². The van der Waals surface area contributed by atoms with Gasteiger partial charge in [0.1, 0.15) is 0 Å². The van der Waals surface area contributed by atoms with Crippen molar-refractivity contribution in [1.29, 1.82) is 0 Å². The molecule has 0 bridgehead atoms. The van der Waals surface area contributed by atoms with Gasteiger partial charge in [0.05, 0.1) is 5.56 Å². The first kappa shape index (κ1) is 11.7. The van der Waals surface area contributed by atoms with Gasteiger partial charge in [-0.05, 0) is 17.0 Å². The lowest BCUT2D eigenvalue weighted by atomic mass is 9.81. The van der Waals surface area contributed by atoms with E-state index < -0.39 is 5.97 Å². The van der Waals surface area contributed by atoms with Crippen LogP contribution in [0.4, 0.5) is 0 Å². The van der Waals surface area contributed by atoms with Crippen molar-refractivity contribution in [1.82, 2.24) is 0 Å². The summed E-state index contributed by atoms with van der Waals surface area (Å²) in [4.78, 5) is 11.0. The third-order valence-corrected chi connectivity index (χ3v) is 2.46. The molecule has 1 aromatic carbocycles. The number of carboxylic acids is 1. The number of aromatic carboxylic acids is 1. The fraction of sp³-hybridized carbons (Fsp3) is 0.417. The van der Waals surface area contributed by atoms with E-state index in [1.54, 1.807) is 18.2 Å². The fourth-order valence-electron chi connectivity index (χ4n) is 1.43. The average molecular weight is 207 g/mol. The maximum atomic E-state index is 11.0. The van der Waals surface area contributed by atoms with Gasteiger partial charge in [0.2, 0.25) is 0 Å². The minimum Gasteiger partial charge on any atom is -0.478 e. The lowest BCUT2D eigenvalue weighted by molar-refractivity contribution is 0.0694. The molecule has 0 radical (unpaired) electrons. The first-order chi connectivity index (χ1) is 6.84. The number of rotatable bonds is 2. The highest BCUT2D eigenvalue weighted by atomic mass is 16.4. The Bertz CT molecular complexity index is 366. The van der Waals surface area contributed by atoms with Crippen molar-refractivity contribution in [2.75, 3.05) is 0 Å². The van der Waals surface area contributed by atoms with Gasteiger partial charge in [-0.25, -0.2) is 4.79 Å². The molecule has 3 heteroatoms. The summed E-state index contributed by atoms with van der Waals surface area (Å²) in [7, 11) is 0. The van der Waals surface area contributed by atoms with Crippen LogP contribution in [0.2, 0.25) is 0 Å². The summed E-state index contributed by atoms with van der Waals surface area (Å²) < 4.78 is 0. The zero-order chi connectivity index (χ0) is 11.6. The fourth-order valence-corrected chi connectivity index (χ4v) is 1.43. The largest absolute Gasteiger partial charge is 0.478 e. The smallest absolute Gasteiger partial charge is 0.336 e. The number of hydrogen-bond donors (Lipinski definition) is 2. The maximum absolute atomic E-state index is 11.0. The highest BCUT2D eigenvalue weighted by Gasteiger charge is 2.25. The minimum atomic E-state index is -0.926. The summed E-state index contributed by atoms with van der Waals surface area (Å²) in [6.45, 7) is 5.99. The van der Waals surface area contributed by atoms with E-state index in [-0.39, 0.29) is 11.5 Å². The molecule has 82 valence electrons. The second-order valence-electron chi connectivity index (χ2n) is 4.74. The standard InChI is InChI=1S/C12H17NO2/c1-12(2,3)10(13)8-6-4-5-7-9(8)11(14)15/h4-7,10H,13H2,1-3H3,(H,14,15)/t10-/m0/s1. The van der Waals surface area contributed by atoms with Gasteiger partial charge < -0.3 is 10.8 Å². The van der Waals surface area contributed by atoms with Gasteiger partial charge >= 0.3 is 5.97 Å². The molecule has 0 aliphatic carbocycles. The molecule has 0 aliphatic rings. The van der Waals surface area contributed by atoms with Crippen LogP contribution in [0.3, 0.4) is 0 Å². The molecular weight excluding hydrogens is 190 g/mol. The summed E-state index contributed by atoms with van der Waals surface area (Å²) in [6, 6.07) is 6.61. The van der Waals surface area contributed by atoms with E-state index in [0.717, 1.165) is 0 Å². The van der Waals surface area contributed by atoms with Crippen molar-refractivity contribution < 1.29 is 9.90 Å². The Morgan fingerprint density at radius 3 is 2.33 bits per heavy atom. The van der Waals surface area contributed by atoms with Crippen LogP contribution in [0.5, 0.6) is 0 Å². The minimum absolute atomic E-state index is 0.147. The van der Waals surface area contributed by atoms with Crippen LogP contribution in [-0.4, -0.2) is 11.1 Å². The van der Waals surface area contributed by atoms with Crippen molar-refractivity contribution >= 4 is 5.97 Å².